The molecule has 0 saturated carbocycles. The van der Waals surface area contributed by atoms with Gasteiger partial charge in [-0.3, -0.25) is 23.7 Å². The number of esters is 1. The molecule has 0 aliphatic heterocycles. The maximum atomic E-state index is 13.4. The molecule has 0 saturated heterocycles. The number of nitrogens with one attached hydrogen (secondary N) is 1. The lowest BCUT2D eigenvalue weighted by Gasteiger charge is -2.23. The molecule has 2 atom stereocenters. The predicted molar refractivity (Wildman–Crippen MR) is 123 cm³/mol. The number of nitrogens with zero attached hydrogens (tertiary/aromatic N) is 1. The highest BCUT2D eigenvalue weighted by atomic mass is 19.1. The number of carbonyl (C=O) groups is 4. The van der Waals surface area contributed by atoms with Crippen LogP contribution in [0.25, 0.3) is 21.8 Å². The van der Waals surface area contributed by atoms with Crippen molar-refractivity contribution in [3.8, 4) is 0 Å². The number of halogens is 1. The Morgan fingerprint density at radius 2 is 1.48 bits per heavy atom. The van der Waals surface area contributed by atoms with Crippen molar-refractivity contribution >= 4 is 45.4 Å². The van der Waals surface area contributed by atoms with Crippen molar-refractivity contribution < 1.29 is 28.3 Å². The van der Waals surface area contributed by atoms with E-state index in [2.05, 4.69) is 10.1 Å². The Bertz CT molecular complexity index is 1150. The summed E-state index contributed by atoms with van der Waals surface area (Å²) in [4.78, 5) is 50.0. The number of fused-ring (bicyclic) bond motifs is 3. The quantitative estimate of drug-likeness (QED) is 0.498. The zero-order valence-electron chi connectivity index (χ0n) is 18.8. The van der Waals surface area contributed by atoms with Crippen LogP contribution in [0.1, 0.15) is 31.5 Å². The van der Waals surface area contributed by atoms with Gasteiger partial charge in [0.25, 0.3) is 0 Å². The second-order valence-corrected chi connectivity index (χ2v) is 8.26. The van der Waals surface area contributed by atoms with Crippen LogP contribution in [0.3, 0.4) is 0 Å². The first-order chi connectivity index (χ1) is 15.8. The first-order valence-corrected chi connectivity index (χ1v) is 10.8. The molecule has 3 aromatic rings. The third kappa shape index (κ3) is 5.10. The zero-order valence-corrected chi connectivity index (χ0v) is 18.8. The normalized spacial score (nSPS) is 13.1. The maximum absolute atomic E-state index is 13.4. The van der Waals surface area contributed by atoms with Gasteiger partial charge in [-0.2, -0.15) is 0 Å². The SMILES string of the molecule is COC(=O)CC(NC(=O)C(CC(=O)n1c2ccccc2c2ccccc21)C(C)C)C(=O)CF. The van der Waals surface area contributed by atoms with Gasteiger partial charge in [-0.05, 0) is 18.1 Å². The molecule has 0 aliphatic carbocycles. The number of rotatable bonds is 9. The smallest absolute Gasteiger partial charge is 0.308 e. The van der Waals surface area contributed by atoms with E-state index < -0.39 is 42.7 Å². The second-order valence-electron chi connectivity index (χ2n) is 8.26. The van der Waals surface area contributed by atoms with Crippen molar-refractivity contribution in [3.05, 3.63) is 48.5 Å². The molecule has 7 nitrogen and oxygen atoms in total. The van der Waals surface area contributed by atoms with E-state index in [1.807, 2.05) is 48.5 Å². The van der Waals surface area contributed by atoms with Crippen LogP contribution in [-0.4, -0.2) is 48.0 Å². The van der Waals surface area contributed by atoms with Crippen molar-refractivity contribution in [2.75, 3.05) is 13.8 Å². The van der Waals surface area contributed by atoms with Gasteiger partial charge in [0, 0.05) is 23.1 Å². The molecule has 1 N–H and O–H groups in total. The highest BCUT2D eigenvalue weighted by Gasteiger charge is 2.31. The lowest BCUT2D eigenvalue weighted by molar-refractivity contribution is -0.143. The van der Waals surface area contributed by atoms with Crippen LogP contribution >= 0.6 is 0 Å². The number of hydrogen-bond donors (Lipinski definition) is 1. The monoisotopic (exact) mass is 454 g/mol. The predicted octanol–water partition coefficient (Wildman–Crippen LogP) is 3.68. The molecule has 0 radical (unpaired) electrons. The van der Waals surface area contributed by atoms with Crippen molar-refractivity contribution in [2.45, 2.75) is 32.7 Å². The Morgan fingerprint density at radius 3 is 1.97 bits per heavy atom. The molecule has 174 valence electrons. The molecule has 0 spiro atoms. The number of hydrogen-bond acceptors (Lipinski definition) is 5. The number of carbonyl (C=O) groups excluding carboxylic acids is 4. The Balaban J connectivity index is 1.89. The Hall–Kier alpha value is -3.55. The summed E-state index contributed by atoms with van der Waals surface area (Å²) in [6.45, 7) is 2.25. The summed E-state index contributed by atoms with van der Waals surface area (Å²) in [6, 6.07) is 13.7. The highest BCUT2D eigenvalue weighted by molar-refractivity contribution is 6.13. The second kappa shape index (κ2) is 10.4. The average molecular weight is 454 g/mol. The summed E-state index contributed by atoms with van der Waals surface area (Å²) in [5, 5.41) is 4.31. The molecule has 3 rings (SSSR count). The van der Waals surface area contributed by atoms with E-state index in [9.17, 15) is 23.6 Å². The van der Waals surface area contributed by atoms with Crippen LogP contribution in [0.5, 0.6) is 0 Å². The fourth-order valence-corrected chi connectivity index (χ4v) is 3.97. The number of ketones is 1. The Kier molecular flexibility index (Phi) is 7.58. The van der Waals surface area contributed by atoms with E-state index in [1.54, 1.807) is 18.4 Å². The van der Waals surface area contributed by atoms with Crippen LogP contribution in [0.15, 0.2) is 48.5 Å². The van der Waals surface area contributed by atoms with Gasteiger partial charge < -0.3 is 10.1 Å². The van der Waals surface area contributed by atoms with Gasteiger partial charge >= 0.3 is 5.97 Å². The van der Waals surface area contributed by atoms with Crippen LogP contribution in [0.2, 0.25) is 0 Å². The largest absolute Gasteiger partial charge is 0.469 e. The minimum Gasteiger partial charge on any atom is -0.469 e. The highest BCUT2D eigenvalue weighted by Crippen LogP contribution is 2.30. The molecule has 0 bridgehead atoms. The third-order valence-corrected chi connectivity index (χ3v) is 5.80. The molecule has 0 aliphatic rings. The molecular weight excluding hydrogens is 427 g/mol. The maximum Gasteiger partial charge on any atom is 0.308 e. The summed E-state index contributed by atoms with van der Waals surface area (Å²) in [7, 11) is 1.14. The summed E-state index contributed by atoms with van der Waals surface area (Å²) in [5.74, 6) is -3.57. The first kappa shape index (κ1) is 24.1. The van der Waals surface area contributed by atoms with Crippen LogP contribution in [0.4, 0.5) is 4.39 Å². The van der Waals surface area contributed by atoms with E-state index in [1.165, 1.54) is 0 Å². The summed E-state index contributed by atoms with van der Waals surface area (Å²) < 4.78 is 19.1. The number of aromatic nitrogens is 1. The zero-order chi connectivity index (χ0) is 24.1. The standard InChI is InChI=1S/C25H27FN2O5/c1-15(2)18(25(32)27-19(22(29)14-26)13-24(31)33-3)12-23(30)28-20-10-6-4-8-16(20)17-9-5-7-11-21(17)28/h4-11,15,18-19H,12-14H2,1-3H3,(H,27,32). The van der Waals surface area contributed by atoms with Gasteiger partial charge in [-0.15, -0.1) is 0 Å². The number of ether oxygens (including phenoxy) is 1. The van der Waals surface area contributed by atoms with Gasteiger partial charge in [-0.25, -0.2) is 4.39 Å². The summed E-state index contributed by atoms with van der Waals surface area (Å²) >= 11 is 0. The first-order valence-electron chi connectivity index (χ1n) is 10.8. The third-order valence-electron chi connectivity index (χ3n) is 5.80. The van der Waals surface area contributed by atoms with E-state index in [4.69, 9.17) is 0 Å². The molecule has 2 aromatic carbocycles. The molecule has 33 heavy (non-hydrogen) atoms. The number of amides is 1. The van der Waals surface area contributed by atoms with Gasteiger partial charge in [0.15, 0.2) is 5.78 Å². The molecule has 8 heteroatoms. The summed E-state index contributed by atoms with van der Waals surface area (Å²) in [5.41, 5.74) is 1.48. The number of benzene rings is 2. The number of alkyl halides is 1. The number of para-hydroxylation sites is 2. The van der Waals surface area contributed by atoms with E-state index in [-0.39, 0.29) is 18.2 Å². The molecule has 1 heterocycles. The fraction of sp³-hybridized carbons (Fsp3) is 0.360. The molecule has 2 unspecified atom stereocenters. The van der Waals surface area contributed by atoms with Gasteiger partial charge in [-0.1, -0.05) is 50.2 Å². The van der Waals surface area contributed by atoms with E-state index in [0.717, 1.165) is 28.9 Å². The van der Waals surface area contributed by atoms with E-state index >= 15 is 0 Å². The molecule has 1 aromatic heterocycles. The molecule has 1 amide bonds. The van der Waals surface area contributed by atoms with Gasteiger partial charge in [0.1, 0.15) is 12.7 Å². The van der Waals surface area contributed by atoms with E-state index in [0.29, 0.717) is 0 Å². The van der Waals surface area contributed by atoms with Crippen molar-refractivity contribution in [1.29, 1.82) is 0 Å². The fourth-order valence-electron chi connectivity index (χ4n) is 3.97. The minimum atomic E-state index is -1.35. The Morgan fingerprint density at radius 1 is 0.939 bits per heavy atom. The van der Waals surface area contributed by atoms with Crippen molar-refractivity contribution in [1.82, 2.24) is 9.88 Å². The lowest BCUT2D eigenvalue weighted by Crippen LogP contribution is -2.47. The Labute approximate surface area is 190 Å². The van der Waals surface area contributed by atoms with Crippen LogP contribution in [0, 0.1) is 11.8 Å². The van der Waals surface area contributed by atoms with Gasteiger partial charge in [0.2, 0.25) is 11.8 Å². The van der Waals surface area contributed by atoms with Gasteiger partial charge in [0.05, 0.1) is 24.6 Å². The molecule has 0 fully saturated rings. The van der Waals surface area contributed by atoms with Crippen LogP contribution in [-0.2, 0) is 19.1 Å². The lowest BCUT2D eigenvalue weighted by atomic mass is 9.90. The summed E-state index contributed by atoms with van der Waals surface area (Å²) in [6.07, 6.45) is -0.600. The van der Waals surface area contributed by atoms with Crippen molar-refractivity contribution in [3.63, 3.8) is 0 Å². The average Bonchev–Trinajstić information content (AvgIpc) is 3.15. The molecular formula is C25H27FN2O5. The minimum absolute atomic E-state index is 0.124. The van der Waals surface area contributed by atoms with Crippen LogP contribution < -0.4 is 5.32 Å². The number of methoxy groups -OCH3 is 1. The number of Topliss-reactive ketones (excluding diaryl/α,β-unsaturated/α-hetero) is 1. The topological polar surface area (TPSA) is 94.5 Å². The van der Waals surface area contributed by atoms with Crippen molar-refractivity contribution in [2.24, 2.45) is 11.8 Å².